The molecule has 1 aliphatic carbocycles. The van der Waals surface area contributed by atoms with Gasteiger partial charge in [0.25, 0.3) is 5.78 Å². The van der Waals surface area contributed by atoms with Crippen molar-refractivity contribution in [3.63, 3.8) is 0 Å². The van der Waals surface area contributed by atoms with Gasteiger partial charge in [-0.3, -0.25) is 28.8 Å². The predicted molar refractivity (Wildman–Crippen MR) is 158 cm³/mol. The van der Waals surface area contributed by atoms with Crippen molar-refractivity contribution < 1.29 is 51.5 Å². The minimum absolute atomic E-state index is 0.0336. The smallest absolute Gasteiger partial charge is 0.452 e. The number of amides is 4. The van der Waals surface area contributed by atoms with E-state index in [1.807, 2.05) is 13.8 Å². The molecule has 0 spiro atoms. The van der Waals surface area contributed by atoms with Crippen molar-refractivity contribution in [2.75, 3.05) is 19.7 Å². The van der Waals surface area contributed by atoms with Gasteiger partial charge in [-0.15, -0.1) is 0 Å². The molecule has 47 heavy (non-hydrogen) atoms. The van der Waals surface area contributed by atoms with Gasteiger partial charge >= 0.3 is 18.1 Å². The minimum atomic E-state index is -5.25. The van der Waals surface area contributed by atoms with E-state index in [9.17, 15) is 46.7 Å². The SMILES string of the molecule is CC(C)(C)[C@H](NC(=O)C(F)(F)F)C(=O)N1C[C@H]2[C@@H]([C@H]1C(=O)N[C@@H](C[C@@H]1CCNC1=O)C(=O)COC(=O)C(=O)c1ccccc1)C2(C)C. The van der Waals surface area contributed by atoms with E-state index < -0.39 is 88.8 Å². The lowest BCUT2D eigenvalue weighted by Crippen LogP contribution is -2.61. The molecule has 2 heterocycles. The Morgan fingerprint density at radius 3 is 2.23 bits per heavy atom. The molecule has 0 unspecified atom stereocenters. The molecule has 15 heteroatoms. The van der Waals surface area contributed by atoms with Gasteiger partial charge in [-0.2, -0.15) is 13.2 Å². The Balaban J connectivity index is 1.54. The summed E-state index contributed by atoms with van der Waals surface area (Å²) in [6.45, 7) is 7.69. The number of esters is 1. The number of nitrogens with one attached hydrogen (secondary N) is 3. The molecule has 2 saturated heterocycles. The zero-order valence-electron chi connectivity index (χ0n) is 26.7. The third kappa shape index (κ3) is 7.65. The molecule has 6 atom stereocenters. The second-order valence-corrected chi connectivity index (χ2v) is 14.0. The summed E-state index contributed by atoms with van der Waals surface area (Å²) in [4.78, 5) is 91.3. The number of fused-ring (bicyclic) bond motifs is 1. The van der Waals surface area contributed by atoms with Gasteiger partial charge in [0.15, 0.2) is 12.4 Å². The third-order valence-electron chi connectivity index (χ3n) is 9.36. The van der Waals surface area contributed by atoms with Crippen molar-refractivity contribution in [2.24, 2.45) is 28.6 Å². The van der Waals surface area contributed by atoms with Gasteiger partial charge in [-0.1, -0.05) is 65.0 Å². The van der Waals surface area contributed by atoms with Crippen LogP contribution in [-0.4, -0.2) is 90.1 Å². The monoisotopic (exact) mass is 664 g/mol. The molecule has 3 fully saturated rings. The van der Waals surface area contributed by atoms with E-state index >= 15 is 0 Å². The van der Waals surface area contributed by atoms with Crippen molar-refractivity contribution in [1.29, 1.82) is 0 Å². The zero-order valence-corrected chi connectivity index (χ0v) is 26.7. The molecular weight excluding hydrogens is 625 g/mol. The standard InChI is InChI=1S/C32H39F3N4O8/c1-30(2,3)24(38-29(46)32(33,34)35)27(44)39-14-18-21(31(18,4)5)22(39)26(43)37-19(13-17-11-12-36-25(17)42)20(40)15-47-28(45)23(41)16-9-7-6-8-10-16/h6-10,17-19,21-22,24H,11-15H2,1-5H3,(H,36,42)(H,37,43)(H,38,46)/t17-,18-,19-,21-,22-,24+/m0/s1. The third-order valence-corrected chi connectivity index (χ3v) is 9.36. The summed E-state index contributed by atoms with van der Waals surface area (Å²) in [7, 11) is 0. The van der Waals surface area contributed by atoms with Gasteiger partial charge in [0.05, 0.1) is 6.04 Å². The summed E-state index contributed by atoms with van der Waals surface area (Å²) in [5, 5.41) is 7.03. The number of rotatable bonds is 11. The zero-order chi connectivity index (χ0) is 35.1. The molecular formula is C32H39F3N4O8. The molecule has 1 aromatic rings. The Kier molecular flexibility index (Phi) is 9.89. The van der Waals surface area contributed by atoms with Gasteiger partial charge < -0.3 is 25.6 Å². The molecule has 1 aromatic carbocycles. The number of carbonyl (C=O) groups is 7. The van der Waals surface area contributed by atoms with E-state index in [0.717, 1.165) is 4.90 Å². The summed E-state index contributed by atoms with van der Waals surface area (Å²) in [5.74, 6) is -8.64. The van der Waals surface area contributed by atoms with Gasteiger partial charge in [0, 0.05) is 24.6 Å². The number of piperidine rings is 1. The first-order valence-electron chi connectivity index (χ1n) is 15.3. The Bertz CT molecular complexity index is 1460. The molecule has 0 aromatic heterocycles. The van der Waals surface area contributed by atoms with Crippen LogP contribution in [0.3, 0.4) is 0 Å². The molecule has 3 aliphatic rings. The normalized spacial score (nSPS) is 24.3. The number of nitrogens with zero attached hydrogens (tertiary/aromatic N) is 1. The van der Waals surface area contributed by atoms with Crippen LogP contribution in [0.5, 0.6) is 0 Å². The average molecular weight is 665 g/mol. The predicted octanol–water partition coefficient (Wildman–Crippen LogP) is 1.57. The number of ether oxygens (including phenoxy) is 1. The first kappa shape index (κ1) is 35.6. The first-order chi connectivity index (χ1) is 21.7. The van der Waals surface area contributed by atoms with Crippen LogP contribution in [0.2, 0.25) is 0 Å². The van der Waals surface area contributed by atoms with Crippen LogP contribution >= 0.6 is 0 Å². The van der Waals surface area contributed by atoms with E-state index in [4.69, 9.17) is 4.74 Å². The van der Waals surface area contributed by atoms with Crippen LogP contribution in [0.25, 0.3) is 0 Å². The Labute approximate surface area is 269 Å². The van der Waals surface area contributed by atoms with E-state index in [1.165, 1.54) is 32.9 Å². The van der Waals surface area contributed by atoms with E-state index in [0.29, 0.717) is 13.0 Å². The number of benzene rings is 1. The summed E-state index contributed by atoms with van der Waals surface area (Å²) in [6.07, 6.45) is -5.04. The fourth-order valence-corrected chi connectivity index (χ4v) is 6.53. The lowest BCUT2D eigenvalue weighted by molar-refractivity contribution is -0.176. The molecule has 0 bridgehead atoms. The van der Waals surface area contributed by atoms with Crippen molar-refractivity contribution in [3.05, 3.63) is 35.9 Å². The highest BCUT2D eigenvalue weighted by molar-refractivity contribution is 6.40. The quantitative estimate of drug-likeness (QED) is 0.182. The number of likely N-dealkylation sites (tertiary alicyclic amines) is 1. The topological polar surface area (TPSA) is 168 Å². The molecule has 2 aliphatic heterocycles. The second-order valence-electron chi connectivity index (χ2n) is 14.0. The molecule has 3 N–H and O–H groups in total. The van der Waals surface area contributed by atoms with Gasteiger partial charge in [-0.05, 0) is 35.5 Å². The van der Waals surface area contributed by atoms with Crippen molar-refractivity contribution in [1.82, 2.24) is 20.9 Å². The molecule has 1 saturated carbocycles. The van der Waals surface area contributed by atoms with Gasteiger partial charge in [0.2, 0.25) is 17.7 Å². The maximum atomic E-state index is 14.0. The molecule has 4 amide bonds. The van der Waals surface area contributed by atoms with Crippen molar-refractivity contribution in [2.45, 2.75) is 71.8 Å². The van der Waals surface area contributed by atoms with Crippen molar-refractivity contribution >= 4 is 41.2 Å². The van der Waals surface area contributed by atoms with Crippen LogP contribution in [0.1, 0.15) is 57.8 Å². The fourth-order valence-electron chi connectivity index (χ4n) is 6.53. The summed E-state index contributed by atoms with van der Waals surface area (Å²) in [6, 6.07) is 3.32. The summed E-state index contributed by atoms with van der Waals surface area (Å²) in [5.41, 5.74) is -1.54. The number of hydrogen-bond acceptors (Lipinski definition) is 8. The minimum Gasteiger partial charge on any atom is -0.452 e. The molecule has 4 rings (SSSR count). The van der Waals surface area contributed by atoms with Crippen molar-refractivity contribution in [3.8, 4) is 0 Å². The number of hydrogen-bond donors (Lipinski definition) is 3. The average Bonchev–Trinajstić information content (AvgIpc) is 3.33. The maximum Gasteiger partial charge on any atom is 0.471 e. The number of ketones is 2. The van der Waals surface area contributed by atoms with E-state index in [-0.39, 0.29) is 30.4 Å². The van der Waals surface area contributed by atoms with E-state index in [2.05, 4.69) is 10.6 Å². The van der Waals surface area contributed by atoms with Crippen LogP contribution in [-0.2, 0) is 33.5 Å². The van der Waals surface area contributed by atoms with Gasteiger partial charge in [0.1, 0.15) is 12.1 Å². The summed E-state index contributed by atoms with van der Waals surface area (Å²) >= 11 is 0. The Morgan fingerprint density at radius 1 is 1.04 bits per heavy atom. The van der Waals surface area contributed by atoms with Crippen LogP contribution in [0.4, 0.5) is 13.2 Å². The highest BCUT2D eigenvalue weighted by Crippen LogP contribution is 2.65. The van der Waals surface area contributed by atoms with Crippen LogP contribution < -0.4 is 16.0 Å². The lowest BCUT2D eigenvalue weighted by atomic mass is 9.85. The largest absolute Gasteiger partial charge is 0.471 e. The molecule has 256 valence electrons. The second kappa shape index (κ2) is 13.1. The lowest BCUT2D eigenvalue weighted by Gasteiger charge is -2.38. The number of halogens is 3. The fraction of sp³-hybridized carbons (Fsp3) is 0.594. The Morgan fingerprint density at radius 2 is 1.68 bits per heavy atom. The highest BCUT2D eigenvalue weighted by atomic mass is 19.4. The maximum absolute atomic E-state index is 14.0. The number of carbonyl (C=O) groups excluding carboxylic acids is 7. The number of alkyl halides is 3. The highest BCUT2D eigenvalue weighted by Gasteiger charge is 2.70. The first-order valence-corrected chi connectivity index (χ1v) is 15.3. The van der Waals surface area contributed by atoms with Crippen LogP contribution in [0.15, 0.2) is 30.3 Å². The van der Waals surface area contributed by atoms with Crippen LogP contribution in [0, 0.1) is 28.6 Å². The van der Waals surface area contributed by atoms with Gasteiger partial charge in [-0.25, -0.2) is 4.79 Å². The Hall–Kier alpha value is -4.30. The van der Waals surface area contributed by atoms with E-state index in [1.54, 1.807) is 23.5 Å². The molecule has 0 radical (unpaired) electrons. The molecule has 12 nitrogen and oxygen atoms in total. The summed E-state index contributed by atoms with van der Waals surface area (Å²) < 4.78 is 44.4. The number of Topliss-reactive ketones (excluding diaryl/α,β-unsaturated/α-hetero) is 2.